The lowest BCUT2D eigenvalue weighted by molar-refractivity contribution is 0.0715. The number of rotatable bonds is 6. The number of phenols is 1. The summed E-state index contributed by atoms with van der Waals surface area (Å²) >= 11 is 0. The summed E-state index contributed by atoms with van der Waals surface area (Å²) in [4.78, 5) is 14.8. The number of urea groups is 1. The van der Waals surface area contributed by atoms with E-state index in [1.807, 2.05) is 0 Å². The molecule has 1 aromatic rings. The Hall–Kier alpha value is -1.79. The second-order valence-corrected chi connectivity index (χ2v) is 7.65. The number of nitrogens with zero attached hydrogens (tertiary/aromatic N) is 1. The molecule has 1 aliphatic heterocycles. The second kappa shape index (κ2) is 8.73. The maximum atomic E-state index is 12.2. The van der Waals surface area contributed by atoms with Crippen molar-refractivity contribution in [2.75, 3.05) is 26.2 Å². The van der Waals surface area contributed by atoms with Crippen LogP contribution in [0.15, 0.2) is 24.3 Å². The number of piperidine rings is 1. The third-order valence-corrected chi connectivity index (χ3v) is 5.85. The van der Waals surface area contributed by atoms with Crippen LogP contribution in [0.1, 0.15) is 56.6 Å². The quantitative estimate of drug-likeness (QED) is 0.627. The molecule has 1 saturated heterocycles. The number of amides is 2. The van der Waals surface area contributed by atoms with Crippen LogP contribution in [0.25, 0.3) is 0 Å². The van der Waals surface area contributed by atoms with Crippen LogP contribution in [-0.2, 0) is 0 Å². The molecule has 0 spiro atoms. The van der Waals surface area contributed by atoms with Crippen LogP contribution < -0.4 is 10.6 Å². The van der Waals surface area contributed by atoms with Gasteiger partial charge in [0.05, 0.1) is 6.10 Å². The van der Waals surface area contributed by atoms with Gasteiger partial charge in [-0.2, -0.15) is 0 Å². The molecule has 0 radical (unpaired) electrons. The molecule has 6 heteroatoms. The molecule has 6 nitrogen and oxygen atoms in total. The minimum Gasteiger partial charge on any atom is -0.508 e. The van der Waals surface area contributed by atoms with Crippen molar-refractivity contribution in [1.29, 1.82) is 0 Å². The number of nitrogens with one attached hydrogen (secondary N) is 2. The van der Waals surface area contributed by atoms with Gasteiger partial charge in [0.25, 0.3) is 0 Å². The standard InChI is InChI=1S/C20H31N3O3/c24-17-8-6-7-16(13-17)18(25)14-21-19(26)22-15-20(9-2-3-10-20)23-11-4-1-5-12-23/h6-8,13,18,24-25H,1-5,9-12,14-15H2,(H2,21,22,26)/t18-/m0/s1. The van der Waals surface area contributed by atoms with Gasteiger partial charge in [0.15, 0.2) is 0 Å². The number of carbonyl (C=O) groups excluding carboxylic acids is 1. The highest BCUT2D eigenvalue weighted by molar-refractivity contribution is 5.74. The molecule has 2 fully saturated rings. The van der Waals surface area contributed by atoms with E-state index < -0.39 is 6.10 Å². The van der Waals surface area contributed by atoms with Crippen LogP contribution >= 0.6 is 0 Å². The summed E-state index contributed by atoms with van der Waals surface area (Å²) in [5.41, 5.74) is 0.701. The summed E-state index contributed by atoms with van der Waals surface area (Å²) in [6, 6.07) is 6.23. The first-order valence-corrected chi connectivity index (χ1v) is 9.83. The molecule has 2 amide bonds. The SMILES string of the molecule is O=C(NC[C@H](O)c1cccc(O)c1)NCC1(N2CCCCC2)CCCC1. The molecule has 26 heavy (non-hydrogen) atoms. The van der Waals surface area contributed by atoms with Crippen molar-refractivity contribution in [3.05, 3.63) is 29.8 Å². The van der Waals surface area contributed by atoms with Crippen molar-refractivity contribution in [3.8, 4) is 5.75 Å². The van der Waals surface area contributed by atoms with Gasteiger partial charge >= 0.3 is 6.03 Å². The van der Waals surface area contributed by atoms with E-state index in [4.69, 9.17) is 0 Å². The topological polar surface area (TPSA) is 84.8 Å². The summed E-state index contributed by atoms with van der Waals surface area (Å²) in [5, 5.41) is 25.4. The van der Waals surface area contributed by atoms with Gasteiger partial charge in [0.2, 0.25) is 0 Å². The fourth-order valence-electron chi connectivity index (χ4n) is 4.35. The zero-order valence-electron chi connectivity index (χ0n) is 15.4. The van der Waals surface area contributed by atoms with Gasteiger partial charge in [-0.1, -0.05) is 31.4 Å². The van der Waals surface area contributed by atoms with Gasteiger partial charge in [0.1, 0.15) is 5.75 Å². The Morgan fingerprint density at radius 1 is 1.12 bits per heavy atom. The largest absolute Gasteiger partial charge is 0.508 e. The predicted octanol–water partition coefficient (Wildman–Crippen LogP) is 2.52. The predicted molar refractivity (Wildman–Crippen MR) is 101 cm³/mol. The van der Waals surface area contributed by atoms with Crippen LogP contribution in [0.5, 0.6) is 5.75 Å². The minimum absolute atomic E-state index is 0.107. The van der Waals surface area contributed by atoms with Crippen molar-refractivity contribution < 1.29 is 15.0 Å². The molecule has 0 aromatic heterocycles. The molecular formula is C20H31N3O3. The molecule has 1 heterocycles. The van der Waals surface area contributed by atoms with Crippen molar-refractivity contribution in [2.24, 2.45) is 0 Å². The monoisotopic (exact) mass is 361 g/mol. The highest BCUT2D eigenvalue weighted by atomic mass is 16.3. The van der Waals surface area contributed by atoms with Crippen LogP contribution in [-0.4, -0.2) is 52.9 Å². The van der Waals surface area contributed by atoms with E-state index in [0.717, 1.165) is 25.9 Å². The molecule has 0 bridgehead atoms. The first-order chi connectivity index (χ1) is 12.6. The zero-order valence-corrected chi connectivity index (χ0v) is 15.4. The number of likely N-dealkylation sites (tertiary alicyclic amines) is 1. The van der Waals surface area contributed by atoms with E-state index in [1.165, 1.54) is 38.2 Å². The second-order valence-electron chi connectivity index (χ2n) is 7.65. The molecule has 1 saturated carbocycles. The maximum Gasteiger partial charge on any atom is 0.314 e. The van der Waals surface area contributed by atoms with E-state index >= 15 is 0 Å². The molecule has 0 unspecified atom stereocenters. The van der Waals surface area contributed by atoms with E-state index in [9.17, 15) is 15.0 Å². The summed E-state index contributed by atoms with van der Waals surface area (Å²) in [6.07, 6.45) is 7.75. The third-order valence-electron chi connectivity index (χ3n) is 5.85. The fraction of sp³-hybridized carbons (Fsp3) is 0.650. The van der Waals surface area contributed by atoms with Gasteiger partial charge in [-0.3, -0.25) is 4.90 Å². The lowest BCUT2D eigenvalue weighted by atomic mass is 9.92. The first kappa shape index (κ1) is 19.0. The van der Waals surface area contributed by atoms with Crippen molar-refractivity contribution in [1.82, 2.24) is 15.5 Å². The van der Waals surface area contributed by atoms with Gasteiger partial charge < -0.3 is 20.8 Å². The van der Waals surface area contributed by atoms with Crippen molar-refractivity contribution in [2.45, 2.75) is 56.6 Å². The molecule has 1 aliphatic carbocycles. The van der Waals surface area contributed by atoms with E-state index in [2.05, 4.69) is 15.5 Å². The third kappa shape index (κ3) is 4.68. The Bertz CT molecular complexity index is 596. The molecule has 3 rings (SSSR count). The van der Waals surface area contributed by atoms with E-state index in [0.29, 0.717) is 12.1 Å². The summed E-state index contributed by atoms with van der Waals surface area (Å²) in [5.74, 6) is 0.107. The Morgan fingerprint density at radius 3 is 2.54 bits per heavy atom. The zero-order chi connectivity index (χ0) is 18.4. The number of aliphatic hydroxyl groups excluding tert-OH is 1. The number of aromatic hydroxyl groups is 1. The van der Waals surface area contributed by atoms with Crippen LogP contribution in [0, 0.1) is 0 Å². The molecule has 2 aliphatic rings. The smallest absolute Gasteiger partial charge is 0.314 e. The molecule has 144 valence electrons. The average Bonchev–Trinajstić information content (AvgIpc) is 3.15. The Kier molecular flexibility index (Phi) is 6.38. The molecular weight excluding hydrogens is 330 g/mol. The van der Waals surface area contributed by atoms with E-state index in [1.54, 1.807) is 18.2 Å². The van der Waals surface area contributed by atoms with Crippen LogP contribution in [0.2, 0.25) is 0 Å². The van der Waals surface area contributed by atoms with Gasteiger partial charge in [0, 0.05) is 18.6 Å². The number of phenolic OH excluding ortho intramolecular Hbond substituents is 1. The Morgan fingerprint density at radius 2 is 1.85 bits per heavy atom. The highest BCUT2D eigenvalue weighted by Crippen LogP contribution is 2.36. The minimum atomic E-state index is -0.838. The lowest BCUT2D eigenvalue weighted by Crippen LogP contribution is -2.56. The van der Waals surface area contributed by atoms with Gasteiger partial charge in [-0.15, -0.1) is 0 Å². The Balaban J connectivity index is 1.48. The first-order valence-electron chi connectivity index (χ1n) is 9.83. The Labute approximate surface area is 155 Å². The van der Waals surface area contributed by atoms with Crippen molar-refractivity contribution >= 4 is 6.03 Å². The van der Waals surface area contributed by atoms with Gasteiger partial charge in [-0.05, 0) is 56.5 Å². The summed E-state index contributed by atoms with van der Waals surface area (Å²) < 4.78 is 0. The van der Waals surface area contributed by atoms with E-state index in [-0.39, 0.29) is 23.9 Å². The lowest BCUT2D eigenvalue weighted by Gasteiger charge is -2.43. The molecule has 1 aromatic carbocycles. The molecule has 1 atom stereocenters. The number of hydrogen-bond acceptors (Lipinski definition) is 4. The molecule has 4 N–H and O–H groups in total. The van der Waals surface area contributed by atoms with Crippen LogP contribution in [0.3, 0.4) is 0 Å². The number of benzene rings is 1. The summed E-state index contributed by atoms with van der Waals surface area (Å²) in [7, 11) is 0. The number of hydrogen-bond donors (Lipinski definition) is 4. The average molecular weight is 361 g/mol. The normalized spacial score (nSPS) is 21.3. The number of aliphatic hydroxyl groups is 1. The maximum absolute atomic E-state index is 12.2. The highest BCUT2D eigenvalue weighted by Gasteiger charge is 2.39. The fourth-order valence-corrected chi connectivity index (χ4v) is 4.35. The summed E-state index contributed by atoms with van der Waals surface area (Å²) in [6.45, 7) is 3.06. The van der Waals surface area contributed by atoms with Crippen LogP contribution in [0.4, 0.5) is 4.79 Å². The number of carbonyl (C=O) groups is 1. The van der Waals surface area contributed by atoms with Crippen molar-refractivity contribution in [3.63, 3.8) is 0 Å². The van der Waals surface area contributed by atoms with Gasteiger partial charge in [-0.25, -0.2) is 4.79 Å².